The molecule has 0 spiro atoms. The van der Waals surface area contributed by atoms with Crippen LogP contribution in [0.25, 0.3) is 5.69 Å². The Balaban J connectivity index is 2.02. The molecule has 1 N–H and O–H groups in total. The molecule has 2 rings (SSSR count). The molecule has 0 unspecified atom stereocenters. The van der Waals surface area contributed by atoms with E-state index in [1.54, 1.807) is 36.7 Å². The van der Waals surface area contributed by atoms with Crippen LogP contribution in [0.5, 0.6) is 0 Å². The molecule has 0 saturated carbocycles. The number of likely N-dealkylation sites (N-methyl/N-ethyl adjacent to an activating group) is 1. The van der Waals surface area contributed by atoms with Crippen LogP contribution in [0.4, 0.5) is 5.69 Å². The Kier molecular flexibility index (Phi) is 5.24. The molecule has 0 radical (unpaired) electrons. The molecule has 120 valence electrons. The lowest BCUT2D eigenvalue weighted by Gasteiger charge is -2.20. The second-order valence-corrected chi connectivity index (χ2v) is 5.10. The van der Waals surface area contributed by atoms with Gasteiger partial charge in [-0.15, -0.1) is 0 Å². The standard InChI is InChI=1S/C16H19N5O2/c1-4-20(11-12(2)3)16(23)15(22)19-13-5-7-14(8-6-13)21-17-9-10-18-21/h5-10H,2,4,11H2,1,3H3,(H,19,22). The van der Waals surface area contributed by atoms with Crippen molar-refractivity contribution in [3.63, 3.8) is 0 Å². The summed E-state index contributed by atoms with van der Waals surface area (Å²) in [4.78, 5) is 27.1. The summed E-state index contributed by atoms with van der Waals surface area (Å²) < 4.78 is 0. The number of carbonyl (C=O) groups is 2. The second-order valence-electron chi connectivity index (χ2n) is 5.10. The van der Waals surface area contributed by atoms with Crippen molar-refractivity contribution in [3.8, 4) is 5.69 Å². The van der Waals surface area contributed by atoms with Gasteiger partial charge in [0.25, 0.3) is 0 Å². The lowest BCUT2D eigenvalue weighted by molar-refractivity contribution is -0.142. The molecule has 1 aromatic heterocycles. The van der Waals surface area contributed by atoms with Gasteiger partial charge in [0.1, 0.15) is 0 Å². The van der Waals surface area contributed by atoms with Gasteiger partial charge in [0.15, 0.2) is 0 Å². The maximum Gasteiger partial charge on any atom is 0.313 e. The minimum Gasteiger partial charge on any atom is -0.331 e. The fourth-order valence-corrected chi connectivity index (χ4v) is 2.01. The highest BCUT2D eigenvalue weighted by Gasteiger charge is 2.20. The Morgan fingerprint density at radius 3 is 2.35 bits per heavy atom. The molecule has 0 aliphatic carbocycles. The Hall–Kier alpha value is -2.96. The molecule has 7 nitrogen and oxygen atoms in total. The first-order valence-electron chi connectivity index (χ1n) is 7.22. The number of rotatable bonds is 5. The highest BCUT2D eigenvalue weighted by Crippen LogP contribution is 2.12. The van der Waals surface area contributed by atoms with Gasteiger partial charge in [-0.2, -0.15) is 15.0 Å². The van der Waals surface area contributed by atoms with E-state index in [1.807, 2.05) is 13.8 Å². The number of anilines is 1. The van der Waals surface area contributed by atoms with Gasteiger partial charge < -0.3 is 10.2 Å². The van der Waals surface area contributed by atoms with Crippen molar-refractivity contribution in [2.75, 3.05) is 18.4 Å². The summed E-state index contributed by atoms with van der Waals surface area (Å²) in [6, 6.07) is 6.90. The summed E-state index contributed by atoms with van der Waals surface area (Å²) in [5.41, 5.74) is 2.12. The molecular weight excluding hydrogens is 294 g/mol. The lowest BCUT2D eigenvalue weighted by atomic mass is 10.2. The summed E-state index contributed by atoms with van der Waals surface area (Å²) in [5, 5.41) is 10.6. The Bertz CT molecular complexity index is 692. The number of aromatic nitrogens is 3. The zero-order valence-electron chi connectivity index (χ0n) is 13.2. The molecule has 0 aliphatic rings. The van der Waals surface area contributed by atoms with Crippen LogP contribution in [0.2, 0.25) is 0 Å². The van der Waals surface area contributed by atoms with E-state index in [2.05, 4.69) is 22.1 Å². The van der Waals surface area contributed by atoms with Gasteiger partial charge in [0.05, 0.1) is 18.1 Å². The van der Waals surface area contributed by atoms with Crippen molar-refractivity contribution >= 4 is 17.5 Å². The molecule has 1 heterocycles. The number of benzene rings is 1. The first-order valence-corrected chi connectivity index (χ1v) is 7.22. The van der Waals surface area contributed by atoms with Gasteiger partial charge >= 0.3 is 11.8 Å². The number of nitrogens with zero attached hydrogens (tertiary/aromatic N) is 4. The monoisotopic (exact) mass is 313 g/mol. The predicted octanol–water partition coefficient (Wildman–Crippen LogP) is 1.63. The van der Waals surface area contributed by atoms with E-state index in [1.165, 1.54) is 9.70 Å². The molecule has 7 heteroatoms. The summed E-state index contributed by atoms with van der Waals surface area (Å²) in [7, 11) is 0. The van der Waals surface area contributed by atoms with Crippen molar-refractivity contribution in [2.24, 2.45) is 0 Å². The first kappa shape index (κ1) is 16.4. The molecule has 0 saturated heterocycles. The molecule has 2 aromatic rings. The first-order chi connectivity index (χ1) is 11.0. The molecule has 0 aliphatic heterocycles. The average Bonchev–Trinajstić information content (AvgIpc) is 3.06. The molecule has 1 aromatic carbocycles. The molecular formula is C16H19N5O2. The number of amides is 2. The summed E-state index contributed by atoms with van der Waals surface area (Å²) >= 11 is 0. The molecule has 2 amide bonds. The van der Waals surface area contributed by atoms with E-state index in [0.29, 0.717) is 18.8 Å². The van der Waals surface area contributed by atoms with E-state index in [4.69, 9.17) is 0 Å². The summed E-state index contributed by atoms with van der Waals surface area (Å²) in [5.74, 6) is -1.24. The van der Waals surface area contributed by atoms with Crippen LogP contribution in [0, 0.1) is 0 Å². The zero-order chi connectivity index (χ0) is 16.8. The van der Waals surface area contributed by atoms with Gasteiger partial charge in [-0.1, -0.05) is 12.2 Å². The smallest absolute Gasteiger partial charge is 0.313 e. The van der Waals surface area contributed by atoms with Crippen LogP contribution in [0.1, 0.15) is 13.8 Å². The second kappa shape index (κ2) is 7.35. The largest absolute Gasteiger partial charge is 0.331 e. The molecule has 0 atom stereocenters. The Morgan fingerprint density at radius 1 is 1.22 bits per heavy atom. The Morgan fingerprint density at radius 2 is 1.83 bits per heavy atom. The average molecular weight is 313 g/mol. The van der Waals surface area contributed by atoms with Crippen LogP contribution in [-0.4, -0.2) is 44.8 Å². The van der Waals surface area contributed by atoms with Crippen LogP contribution in [0.15, 0.2) is 48.8 Å². The third-order valence-corrected chi connectivity index (χ3v) is 3.10. The molecule has 23 heavy (non-hydrogen) atoms. The number of carbonyl (C=O) groups excluding carboxylic acids is 2. The fourth-order valence-electron chi connectivity index (χ4n) is 2.01. The third kappa shape index (κ3) is 4.26. The number of nitrogens with one attached hydrogen (secondary N) is 1. The highest BCUT2D eigenvalue weighted by molar-refractivity contribution is 6.39. The predicted molar refractivity (Wildman–Crippen MR) is 87.1 cm³/mol. The van der Waals surface area contributed by atoms with Gasteiger partial charge in [-0.3, -0.25) is 9.59 Å². The van der Waals surface area contributed by atoms with Crippen molar-refractivity contribution in [2.45, 2.75) is 13.8 Å². The summed E-state index contributed by atoms with van der Waals surface area (Å²) in [6.45, 7) is 8.21. The minimum atomic E-state index is -0.668. The number of hydrogen-bond donors (Lipinski definition) is 1. The zero-order valence-corrected chi connectivity index (χ0v) is 13.2. The van der Waals surface area contributed by atoms with E-state index in [0.717, 1.165) is 11.3 Å². The lowest BCUT2D eigenvalue weighted by Crippen LogP contribution is -2.40. The third-order valence-electron chi connectivity index (χ3n) is 3.10. The van der Waals surface area contributed by atoms with Crippen LogP contribution >= 0.6 is 0 Å². The van der Waals surface area contributed by atoms with Gasteiger partial charge in [-0.05, 0) is 38.1 Å². The van der Waals surface area contributed by atoms with Crippen LogP contribution in [-0.2, 0) is 9.59 Å². The van der Waals surface area contributed by atoms with Crippen molar-refractivity contribution in [3.05, 3.63) is 48.8 Å². The normalized spacial score (nSPS) is 10.2. The molecule has 0 bridgehead atoms. The van der Waals surface area contributed by atoms with Gasteiger partial charge in [0, 0.05) is 18.8 Å². The number of hydrogen-bond acceptors (Lipinski definition) is 4. The fraction of sp³-hybridized carbons (Fsp3) is 0.250. The topological polar surface area (TPSA) is 80.1 Å². The van der Waals surface area contributed by atoms with E-state index in [-0.39, 0.29) is 0 Å². The SMILES string of the molecule is C=C(C)CN(CC)C(=O)C(=O)Nc1ccc(-n2nccn2)cc1. The van der Waals surface area contributed by atoms with Gasteiger partial charge in [0.2, 0.25) is 0 Å². The molecule has 0 fully saturated rings. The quantitative estimate of drug-likeness (QED) is 0.672. The van der Waals surface area contributed by atoms with Crippen molar-refractivity contribution < 1.29 is 9.59 Å². The van der Waals surface area contributed by atoms with Crippen molar-refractivity contribution in [1.29, 1.82) is 0 Å². The van der Waals surface area contributed by atoms with Crippen LogP contribution in [0.3, 0.4) is 0 Å². The van der Waals surface area contributed by atoms with E-state index in [9.17, 15) is 9.59 Å². The maximum atomic E-state index is 12.1. The van der Waals surface area contributed by atoms with E-state index >= 15 is 0 Å². The Labute approximate surface area is 134 Å². The van der Waals surface area contributed by atoms with Crippen LogP contribution < -0.4 is 5.32 Å². The summed E-state index contributed by atoms with van der Waals surface area (Å²) in [6.07, 6.45) is 3.16. The van der Waals surface area contributed by atoms with Crippen molar-refractivity contribution in [1.82, 2.24) is 19.9 Å². The maximum absolute atomic E-state index is 12.1. The minimum absolute atomic E-state index is 0.368. The highest BCUT2D eigenvalue weighted by atomic mass is 16.2. The van der Waals surface area contributed by atoms with E-state index < -0.39 is 11.8 Å². The van der Waals surface area contributed by atoms with Gasteiger partial charge in [-0.25, -0.2) is 0 Å².